The average molecular weight is 366 g/mol. The molecule has 0 unspecified atom stereocenters. The molecule has 110 valence electrons. The zero-order valence-corrected chi connectivity index (χ0v) is 14.1. The quantitative estimate of drug-likeness (QED) is 0.883. The summed E-state index contributed by atoms with van der Waals surface area (Å²) in [5, 5.41) is 3.16. The summed E-state index contributed by atoms with van der Waals surface area (Å²) in [6.07, 6.45) is 0. The van der Waals surface area contributed by atoms with Gasteiger partial charge in [0.2, 0.25) is 0 Å². The van der Waals surface area contributed by atoms with Crippen LogP contribution in [0, 0.1) is 0 Å². The van der Waals surface area contributed by atoms with E-state index in [2.05, 4.69) is 45.5 Å². The van der Waals surface area contributed by atoms with E-state index >= 15 is 0 Å². The van der Waals surface area contributed by atoms with E-state index in [0.717, 1.165) is 27.4 Å². The highest BCUT2D eigenvalue weighted by molar-refractivity contribution is 9.10. The lowest BCUT2D eigenvalue weighted by atomic mass is 10.2. The minimum Gasteiger partial charge on any atom is -0.486 e. The minimum absolute atomic E-state index is 0.616. The van der Waals surface area contributed by atoms with E-state index in [1.54, 1.807) is 11.8 Å². The first-order valence-electron chi connectivity index (χ1n) is 6.77. The molecule has 1 N–H and O–H groups in total. The predicted molar refractivity (Wildman–Crippen MR) is 88.5 cm³/mol. The number of fused-ring (bicyclic) bond motifs is 1. The molecule has 0 bridgehead atoms. The third-order valence-electron chi connectivity index (χ3n) is 3.14. The standard InChI is InChI=1S/C16H16BrNO2S/c1-18-10-11-2-3-12(8-14(11)17)21-13-4-5-15-16(9-13)20-7-6-19-15/h2-5,8-9,18H,6-7,10H2,1H3. The smallest absolute Gasteiger partial charge is 0.162 e. The van der Waals surface area contributed by atoms with Gasteiger partial charge in [0.05, 0.1) is 0 Å². The fraction of sp³-hybridized carbons (Fsp3) is 0.250. The molecule has 3 nitrogen and oxygen atoms in total. The summed E-state index contributed by atoms with van der Waals surface area (Å²) >= 11 is 5.34. The number of hydrogen-bond acceptors (Lipinski definition) is 4. The van der Waals surface area contributed by atoms with Crippen LogP contribution in [0.2, 0.25) is 0 Å². The second-order valence-electron chi connectivity index (χ2n) is 4.69. The van der Waals surface area contributed by atoms with Crippen molar-refractivity contribution in [2.45, 2.75) is 16.3 Å². The van der Waals surface area contributed by atoms with Crippen LogP contribution in [0.15, 0.2) is 50.7 Å². The molecule has 0 spiro atoms. The van der Waals surface area contributed by atoms with Gasteiger partial charge in [0.25, 0.3) is 0 Å². The fourth-order valence-corrected chi connectivity index (χ4v) is 3.71. The zero-order valence-electron chi connectivity index (χ0n) is 11.7. The molecule has 0 aliphatic carbocycles. The lowest BCUT2D eigenvalue weighted by molar-refractivity contribution is 0.171. The summed E-state index contributed by atoms with van der Waals surface area (Å²) < 4.78 is 12.3. The molecule has 5 heteroatoms. The van der Waals surface area contributed by atoms with E-state index in [1.807, 2.05) is 19.2 Å². The molecule has 1 aliphatic rings. The molecule has 1 heterocycles. The maximum absolute atomic E-state index is 5.62. The SMILES string of the molecule is CNCc1ccc(Sc2ccc3c(c2)OCCO3)cc1Br. The Morgan fingerprint density at radius 3 is 2.52 bits per heavy atom. The van der Waals surface area contributed by atoms with Gasteiger partial charge in [0, 0.05) is 20.8 Å². The number of rotatable bonds is 4. The lowest BCUT2D eigenvalue weighted by Crippen LogP contribution is -2.15. The van der Waals surface area contributed by atoms with Crippen molar-refractivity contribution in [2.24, 2.45) is 0 Å². The van der Waals surface area contributed by atoms with Crippen molar-refractivity contribution < 1.29 is 9.47 Å². The van der Waals surface area contributed by atoms with Crippen LogP contribution in [0.5, 0.6) is 11.5 Å². The van der Waals surface area contributed by atoms with Crippen LogP contribution in [-0.4, -0.2) is 20.3 Å². The first kappa shape index (κ1) is 14.8. The Labute approximate surface area is 137 Å². The van der Waals surface area contributed by atoms with Crippen LogP contribution in [0.4, 0.5) is 0 Å². The molecule has 1 aliphatic heterocycles. The molecule has 2 aromatic carbocycles. The highest BCUT2D eigenvalue weighted by Crippen LogP contribution is 2.37. The zero-order chi connectivity index (χ0) is 14.7. The van der Waals surface area contributed by atoms with Crippen molar-refractivity contribution in [1.29, 1.82) is 0 Å². The monoisotopic (exact) mass is 365 g/mol. The molecule has 3 rings (SSSR count). The summed E-state index contributed by atoms with van der Waals surface area (Å²) in [6.45, 7) is 2.10. The summed E-state index contributed by atoms with van der Waals surface area (Å²) in [6, 6.07) is 12.5. The second kappa shape index (κ2) is 6.73. The lowest BCUT2D eigenvalue weighted by Gasteiger charge is -2.18. The van der Waals surface area contributed by atoms with Crippen molar-refractivity contribution in [2.75, 3.05) is 20.3 Å². The van der Waals surface area contributed by atoms with Gasteiger partial charge in [0.15, 0.2) is 11.5 Å². The van der Waals surface area contributed by atoms with Crippen LogP contribution in [0.3, 0.4) is 0 Å². The van der Waals surface area contributed by atoms with Crippen LogP contribution >= 0.6 is 27.7 Å². The Morgan fingerprint density at radius 1 is 1.05 bits per heavy atom. The van der Waals surface area contributed by atoms with Gasteiger partial charge in [-0.1, -0.05) is 33.8 Å². The Bertz CT molecular complexity index is 648. The van der Waals surface area contributed by atoms with E-state index in [0.29, 0.717) is 13.2 Å². The van der Waals surface area contributed by atoms with Gasteiger partial charge < -0.3 is 14.8 Å². The molecule has 0 radical (unpaired) electrons. The van der Waals surface area contributed by atoms with Crippen molar-refractivity contribution in [3.8, 4) is 11.5 Å². The molecule has 21 heavy (non-hydrogen) atoms. The first-order chi connectivity index (χ1) is 10.3. The van der Waals surface area contributed by atoms with E-state index < -0.39 is 0 Å². The molecule has 0 aromatic heterocycles. The number of nitrogens with one attached hydrogen (secondary N) is 1. The second-order valence-corrected chi connectivity index (χ2v) is 6.69. The number of halogens is 1. The maximum Gasteiger partial charge on any atom is 0.162 e. The van der Waals surface area contributed by atoms with Crippen LogP contribution in [-0.2, 0) is 6.54 Å². The average Bonchev–Trinajstić information content (AvgIpc) is 2.50. The molecule has 0 fully saturated rings. The third kappa shape index (κ3) is 3.54. The largest absolute Gasteiger partial charge is 0.486 e. The van der Waals surface area contributed by atoms with Gasteiger partial charge in [-0.2, -0.15) is 0 Å². The van der Waals surface area contributed by atoms with E-state index in [9.17, 15) is 0 Å². The molecular weight excluding hydrogens is 350 g/mol. The molecule has 0 saturated heterocycles. The minimum atomic E-state index is 0.616. The normalized spacial score (nSPS) is 13.2. The van der Waals surface area contributed by atoms with Crippen molar-refractivity contribution >= 4 is 27.7 Å². The number of benzene rings is 2. The molecule has 0 atom stereocenters. The summed E-state index contributed by atoms with van der Waals surface area (Å²) in [7, 11) is 1.95. The maximum atomic E-state index is 5.62. The van der Waals surface area contributed by atoms with Gasteiger partial charge in [-0.05, 0) is 42.9 Å². The molecule has 0 amide bonds. The summed E-state index contributed by atoms with van der Waals surface area (Å²) in [4.78, 5) is 2.34. The number of hydrogen-bond donors (Lipinski definition) is 1. The third-order valence-corrected chi connectivity index (χ3v) is 4.86. The predicted octanol–water partition coefficient (Wildman–Crippen LogP) is 4.09. The fourth-order valence-electron chi connectivity index (χ4n) is 2.15. The highest BCUT2D eigenvalue weighted by atomic mass is 79.9. The molecular formula is C16H16BrNO2S. The van der Waals surface area contributed by atoms with Gasteiger partial charge in [-0.15, -0.1) is 0 Å². The van der Waals surface area contributed by atoms with Crippen LogP contribution in [0.25, 0.3) is 0 Å². The first-order valence-corrected chi connectivity index (χ1v) is 8.38. The van der Waals surface area contributed by atoms with Gasteiger partial charge in [-0.25, -0.2) is 0 Å². The summed E-state index contributed by atoms with van der Waals surface area (Å²) in [5.41, 5.74) is 1.25. The Balaban J connectivity index is 1.78. The molecule has 0 saturated carbocycles. The van der Waals surface area contributed by atoms with Gasteiger partial charge >= 0.3 is 0 Å². The van der Waals surface area contributed by atoms with Crippen molar-refractivity contribution in [3.63, 3.8) is 0 Å². The topological polar surface area (TPSA) is 30.5 Å². The summed E-state index contributed by atoms with van der Waals surface area (Å²) in [5.74, 6) is 1.66. The van der Waals surface area contributed by atoms with Crippen molar-refractivity contribution in [3.05, 3.63) is 46.4 Å². The Morgan fingerprint density at radius 2 is 1.76 bits per heavy atom. The van der Waals surface area contributed by atoms with Crippen molar-refractivity contribution in [1.82, 2.24) is 5.32 Å². The van der Waals surface area contributed by atoms with E-state index in [1.165, 1.54) is 10.5 Å². The molecule has 2 aromatic rings. The Kier molecular flexibility index (Phi) is 4.73. The van der Waals surface area contributed by atoms with Gasteiger partial charge in [0.1, 0.15) is 13.2 Å². The highest BCUT2D eigenvalue weighted by Gasteiger charge is 2.12. The van der Waals surface area contributed by atoms with Gasteiger partial charge in [-0.3, -0.25) is 0 Å². The van der Waals surface area contributed by atoms with E-state index in [4.69, 9.17) is 9.47 Å². The number of ether oxygens (including phenoxy) is 2. The van der Waals surface area contributed by atoms with Crippen LogP contribution < -0.4 is 14.8 Å². The Hall–Kier alpha value is -1.17. The van der Waals surface area contributed by atoms with E-state index in [-0.39, 0.29) is 0 Å². The van der Waals surface area contributed by atoms with Crippen LogP contribution in [0.1, 0.15) is 5.56 Å².